The van der Waals surface area contributed by atoms with E-state index < -0.39 is 10.9 Å². The van der Waals surface area contributed by atoms with Crippen molar-refractivity contribution in [3.05, 3.63) is 105 Å². The first kappa shape index (κ1) is 29.0. The zero-order chi connectivity index (χ0) is 27.7. The molecule has 0 aliphatic rings. The standard InChI is InChI=1S/C31H38N2O5/c1-22(2)32(23(3)4)19-9-8-12-28(25-10-6-5-7-11-25)29-20-24(21-34)13-18-30(29)38-31(35)26-14-16-27(17-15-26)33(36)37/h5-7,10-11,13-18,20,22-23,28,34H,8-9,12,19,21H2,1-4H3. The molecule has 0 bridgehead atoms. The minimum atomic E-state index is -0.589. The van der Waals surface area contributed by atoms with Gasteiger partial charge in [-0.1, -0.05) is 42.8 Å². The Balaban J connectivity index is 1.87. The summed E-state index contributed by atoms with van der Waals surface area (Å²) in [6.45, 7) is 9.77. The first-order chi connectivity index (χ1) is 18.2. The summed E-state index contributed by atoms with van der Waals surface area (Å²) in [4.78, 5) is 25.9. The van der Waals surface area contributed by atoms with Gasteiger partial charge in [0.05, 0.1) is 17.1 Å². The lowest BCUT2D eigenvalue weighted by Crippen LogP contribution is -2.37. The Morgan fingerprint density at radius 3 is 2.18 bits per heavy atom. The molecule has 0 aliphatic heterocycles. The van der Waals surface area contributed by atoms with Crippen molar-refractivity contribution >= 4 is 11.7 Å². The SMILES string of the molecule is CC(C)N(CCCCC(c1ccccc1)c1cc(CO)ccc1OC(=O)c1ccc([N+](=O)[O-])cc1)C(C)C. The minimum Gasteiger partial charge on any atom is -0.423 e. The molecule has 0 spiro atoms. The summed E-state index contributed by atoms with van der Waals surface area (Å²) in [7, 11) is 0. The predicted octanol–water partition coefficient (Wildman–Crippen LogP) is 6.73. The highest BCUT2D eigenvalue weighted by atomic mass is 16.6. The molecule has 3 aromatic carbocycles. The zero-order valence-corrected chi connectivity index (χ0v) is 22.7. The van der Waals surface area contributed by atoms with Crippen LogP contribution < -0.4 is 4.74 Å². The van der Waals surface area contributed by atoms with Gasteiger partial charge in [0, 0.05) is 35.7 Å². The number of carbonyl (C=O) groups excluding carboxylic acids is 1. The number of hydrogen-bond acceptors (Lipinski definition) is 6. The van der Waals surface area contributed by atoms with Crippen LogP contribution in [-0.2, 0) is 6.61 Å². The fourth-order valence-corrected chi connectivity index (χ4v) is 4.88. The number of nitro groups is 1. The second kappa shape index (κ2) is 13.8. The van der Waals surface area contributed by atoms with Crippen molar-refractivity contribution in [1.82, 2.24) is 4.90 Å². The largest absolute Gasteiger partial charge is 0.423 e. The number of rotatable bonds is 13. The molecule has 7 nitrogen and oxygen atoms in total. The van der Waals surface area contributed by atoms with E-state index >= 15 is 0 Å². The number of nitro benzene ring substituents is 1. The lowest BCUT2D eigenvalue weighted by molar-refractivity contribution is -0.384. The molecule has 3 rings (SSSR count). The van der Waals surface area contributed by atoms with E-state index in [1.807, 2.05) is 24.3 Å². The number of aliphatic hydroxyl groups excluding tert-OH is 1. The van der Waals surface area contributed by atoms with Gasteiger partial charge in [0.1, 0.15) is 5.75 Å². The van der Waals surface area contributed by atoms with Crippen molar-refractivity contribution in [2.24, 2.45) is 0 Å². The van der Waals surface area contributed by atoms with Crippen molar-refractivity contribution in [2.75, 3.05) is 6.54 Å². The van der Waals surface area contributed by atoms with Crippen LogP contribution in [-0.4, -0.2) is 39.5 Å². The van der Waals surface area contributed by atoms with Gasteiger partial charge in [-0.05, 0) is 82.5 Å². The maximum Gasteiger partial charge on any atom is 0.343 e. The van der Waals surface area contributed by atoms with Gasteiger partial charge in [0.15, 0.2) is 0 Å². The van der Waals surface area contributed by atoms with Gasteiger partial charge >= 0.3 is 5.97 Å². The Bertz CT molecular complexity index is 1180. The van der Waals surface area contributed by atoms with Crippen LogP contribution in [0.3, 0.4) is 0 Å². The van der Waals surface area contributed by atoms with Crippen LogP contribution in [0.25, 0.3) is 0 Å². The number of unbranched alkanes of at least 4 members (excludes halogenated alkanes) is 1. The number of carbonyl (C=O) groups is 1. The minimum absolute atomic E-state index is 0.0334. The molecule has 3 aromatic rings. The number of non-ortho nitro benzene ring substituents is 1. The summed E-state index contributed by atoms with van der Waals surface area (Å²) >= 11 is 0. The Labute approximate surface area is 225 Å². The van der Waals surface area contributed by atoms with E-state index in [2.05, 4.69) is 44.7 Å². The number of ether oxygens (including phenoxy) is 1. The van der Waals surface area contributed by atoms with Crippen molar-refractivity contribution < 1.29 is 19.6 Å². The van der Waals surface area contributed by atoms with Gasteiger partial charge in [-0.3, -0.25) is 15.0 Å². The molecule has 38 heavy (non-hydrogen) atoms. The highest BCUT2D eigenvalue weighted by molar-refractivity contribution is 5.91. The molecule has 0 amide bonds. The molecule has 0 fully saturated rings. The highest BCUT2D eigenvalue weighted by Gasteiger charge is 2.22. The van der Waals surface area contributed by atoms with Crippen LogP contribution in [0.4, 0.5) is 5.69 Å². The molecule has 0 radical (unpaired) electrons. The van der Waals surface area contributed by atoms with Gasteiger partial charge < -0.3 is 9.84 Å². The average Bonchev–Trinajstić information content (AvgIpc) is 2.91. The van der Waals surface area contributed by atoms with Gasteiger partial charge in [0.2, 0.25) is 0 Å². The number of nitrogens with zero attached hydrogens (tertiary/aromatic N) is 2. The first-order valence-electron chi connectivity index (χ1n) is 13.2. The molecule has 1 N–H and O–H groups in total. The van der Waals surface area contributed by atoms with Crippen molar-refractivity contribution in [2.45, 2.75) is 71.6 Å². The van der Waals surface area contributed by atoms with E-state index in [0.717, 1.165) is 42.5 Å². The van der Waals surface area contributed by atoms with Crippen LogP contribution in [0.1, 0.15) is 79.9 Å². The van der Waals surface area contributed by atoms with Gasteiger partial charge in [-0.2, -0.15) is 0 Å². The maximum absolute atomic E-state index is 13.0. The Kier molecular flexibility index (Phi) is 10.6. The third-order valence-electron chi connectivity index (χ3n) is 6.84. The van der Waals surface area contributed by atoms with Crippen LogP contribution >= 0.6 is 0 Å². The lowest BCUT2D eigenvalue weighted by Gasteiger charge is -2.30. The summed E-state index contributed by atoms with van der Waals surface area (Å²) in [5.74, 6) is -0.200. The monoisotopic (exact) mass is 518 g/mol. The molecular formula is C31H38N2O5. The number of hydrogen-bond donors (Lipinski definition) is 1. The summed E-state index contributed by atoms with van der Waals surface area (Å²) in [6.07, 6.45) is 2.87. The topological polar surface area (TPSA) is 92.9 Å². The van der Waals surface area contributed by atoms with Crippen LogP contribution in [0, 0.1) is 10.1 Å². The quantitative estimate of drug-likeness (QED) is 0.0887. The zero-order valence-electron chi connectivity index (χ0n) is 22.7. The Morgan fingerprint density at radius 2 is 1.61 bits per heavy atom. The molecule has 7 heteroatoms. The fraction of sp³-hybridized carbons (Fsp3) is 0.387. The third-order valence-corrected chi connectivity index (χ3v) is 6.84. The molecule has 0 saturated carbocycles. The van der Waals surface area contributed by atoms with Gasteiger partial charge in [-0.25, -0.2) is 4.79 Å². The van der Waals surface area contributed by atoms with Crippen LogP contribution in [0.5, 0.6) is 5.75 Å². The van der Waals surface area contributed by atoms with Crippen LogP contribution in [0.2, 0.25) is 0 Å². The normalized spacial score (nSPS) is 12.2. The summed E-state index contributed by atoms with van der Waals surface area (Å²) in [5.41, 5.74) is 2.82. The van der Waals surface area contributed by atoms with Gasteiger partial charge in [-0.15, -0.1) is 0 Å². The number of aliphatic hydroxyl groups is 1. The van der Waals surface area contributed by atoms with Crippen molar-refractivity contribution in [3.8, 4) is 5.75 Å². The van der Waals surface area contributed by atoms with E-state index in [4.69, 9.17) is 4.74 Å². The smallest absolute Gasteiger partial charge is 0.343 e. The third kappa shape index (κ3) is 7.73. The molecule has 0 aromatic heterocycles. The highest BCUT2D eigenvalue weighted by Crippen LogP contribution is 2.37. The van der Waals surface area contributed by atoms with Crippen molar-refractivity contribution in [3.63, 3.8) is 0 Å². The summed E-state index contributed by atoms with van der Waals surface area (Å²) < 4.78 is 5.84. The molecular weight excluding hydrogens is 480 g/mol. The van der Waals surface area contributed by atoms with E-state index in [1.54, 1.807) is 12.1 Å². The van der Waals surface area contributed by atoms with Gasteiger partial charge in [0.25, 0.3) is 5.69 Å². The predicted molar refractivity (Wildman–Crippen MR) is 150 cm³/mol. The second-order valence-electron chi connectivity index (χ2n) is 10.1. The molecule has 0 heterocycles. The average molecular weight is 519 g/mol. The number of esters is 1. The van der Waals surface area contributed by atoms with E-state index in [1.165, 1.54) is 24.3 Å². The Morgan fingerprint density at radius 1 is 0.947 bits per heavy atom. The summed E-state index contributed by atoms with van der Waals surface area (Å²) in [5, 5.41) is 20.8. The van der Waals surface area contributed by atoms with Crippen molar-refractivity contribution in [1.29, 1.82) is 0 Å². The lowest BCUT2D eigenvalue weighted by atomic mass is 9.85. The molecule has 202 valence electrons. The van der Waals surface area contributed by atoms with E-state index in [9.17, 15) is 20.0 Å². The number of benzene rings is 3. The van der Waals surface area contributed by atoms with E-state index in [0.29, 0.717) is 17.8 Å². The molecule has 0 aliphatic carbocycles. The summed E-state index contributed by atoms with van der Waals surface area (Å²) in [6, 6.07) is 21.8. The second-order valence-corrected chi connectivity index (χ2v) is 10.1. The van der Waals surface area contributed by atoms with E-state index in [-0.39, 0.29) is 23.8 Å². The molecule has 0 saturated heterocycles. The Hall–Kier alpha value is -3.55. The fourth-order valence-electron chi connectivity index (χ4n) is 4.88. The maximum atomic E-state index is 13.0. The first-order valence-corrected chi connectivity index (χ1v) is 13.2. The molecule has 1 atom stereocenters. The molecule has 1 unspecified atom stereocenters. The van der Waals surface area contributed by atoms with Crippen LogP contribution in [0.15, 0.2) is 72.8 Å².